The zero-order chi connectivity index (χ0) is 26.1. The monoisotopic (exact) mass is 496 g/mol. The molecule has 1 N–H and O–H groups in total. The number of aromatic nitrogens is 3. The Morgan fingerprint density at radius 3 is 2.73 bits per heavy atom. The topological polar surface area (TPSA) is 95.5 Å². The number of benzene rings is 1. The van der Waals surface area contributed by atoms with E-state index in [2.05, 4.69) is 26.8 Å². The summed E-state index contributed by atoms with van der Waals surface area (Å²) in [5, 5.41) is 3.19. The summed E-state index contributed by atoms with van der Waals surface area (Å²) >= 11 is 0. The number of para-hydroxylation sites is 1. The number of nitrogens with zero attached hydrogens (tertiary/aromatic N) is 3. The third-order valence-electron chi connectivity index (χ3n) is 5.72. The molecule has 0 saturated heterocycles. The molecule has 0 amide bonds. The van der Waals surface area contributed by atoms with Gasteiger partial charge >= 0.3 is 5.97 Å². The van der Waals surface area contributed by atoms with Crippen LogP contribution in [0.5, 0.6) is 5.75 Å². The minimum atomic E-state index is -0.654. The summed E-state index contributed by atoms with van der Waals surface area (Å²) in [5.74, 6) is 0.803. The summed E-state index contributed by atoms with van der Waals surface area (Å²) in [7, 11) is 1.63. The molecule has 2 aromatic heterocycles. The van der Waals surface area contributed by atoms with Gasteiger partial charge in [-0.25, -0.2) is 14.8 Å². The Morgan fingerprint density at radius 2 is 2.00 bits per heavy atom. The quantitative estimate of drug-likeness (QED) is 0.176. The van der Waals surface area contributed by atoms with Gasteiger partial charge in [0.2, 0.25) is 5.95 Å². The SMILES string of the molecule is C=CCOC1=CC(/C(=C\C(=O)Oc2ccccc2)Nc2nccc(-c3cccnc3)n2)=CC[C@]1(C)OC. The van der Waals surface area contributed by atoms with Gasteiger partial charge < -0.3 is 19.5 Å². The third kappa shape index (κ3) is 6.56. The van der Waals surface area contributed by atoms with E-state index < -0.39 is 11.6 Å². The highest BCUT2D eigenvalue weighted by Gasteiger charge is 2.33. The standard InChI is InChI=1S/C29H28N4O4/c1-4-17-36-26-18-21(12-14-29(26,2)35-3)25(19-27(34)37-23-10-6-5-7-11-23)33-28-31-16-13-24(32-28)22-9-8-15-30-20-22/h4-13,15-16,18-20H,1,14,17H2,2-3H3,(H,31,32,33)/b25-19+/t29-/m0/s1. The number of nitrogens with one attached hydrogen (secondary N) is 1. The molecule has 0 radical (unpaired) electrons. The highest BCUT2D eigenvalue weighted by Crippen LogP contribution is 2.34. The van der Waals surface area contributed by atoms with E-state index in [-0.39, 0.29) is 0 Å². The van der Waals surface area contributed by atoms with Crippen molar-refractivity contribution in [3.8, 4) is 17.0 Å². The van der Waals surface area contributed by atoms with Gasteiger partial charge in [0.1, 0.15) is 23.7 Å². The van der Waals surface area contributed by atoms with Gasteiger partial charge in [0, 0.05) is 43.8 Å². The second-order valence-electron chi connectivity index (χ2n) is 8.33. The van der Waals surface area contributed by atoms with Crippen LogP contribution in [0, 0.1) is 0 Å². The van der Waals surface area contributed by atoms with Crippen molar-refractivity contribution in [3.63, 3.8) is 0 Å². The largest absolute Gasteiger partial charge is 0.491 e. The van der Waals surface area contributed by atoms with Gasteiger partial charge in [0.05, 0.1) is 11.4 Å². The number of carbonyl (C=O) groups excluding carboxylic acids is 1. The van der Waals surface area contributed by atoms with Crippen molar-refractivity contribution in [1.82, 2.24) is 15.0 Å². The molecule has 1 aliphatic rings. The van der Waals surface area contributed by atoms with Crippen molar-refractivity contribution in [2.75, 3.05) is 19.0 Å². The van der Waals surface area contributed by atoms with Gasteiger partial charge in [-0.15, -0.1) is 0 Å². The molecular formula is C29H28N4O4. The van der Waals surface area contributed by atoms with E-state index in [0.717, 1.165) is 5.56 Å². The van der Waals surface area contributed by atoms with Gasteiger partial charge in [-0.1, -0.05) is 36.9 Å². The van der Waals surface area contributed by atoms with Gasteiger partial charge in [-0.05, 0) is 48.9 Å². The average molecular weight is 497 g/mol. The lowest BCUT2D eigenvalue weighted by Gasteiger charge is -2.33. The maximum atomic E-state index is 12.9. The fourth-order valence-electron chi connectivity index (χ4n) is 3.63. The van der Waals surface area contributed by atoms with Crippen LogP contribution in [0.1, 0.15) is 13.3 Å². The normalized spacial score (nSPS) is 17.3. The minimum absolute atomic E-state index is 0.308. The number of hydrogen-bond donors (Lipinski definition) is 1. The zero-order valence-electron chi connectivity index (χ0n) is 20.8. The van der Waals surface area contributed by atoms with E-state index in [1.807, 2.05) is 37.3 Å². The third-order valence-corrected chi connectivity index (χ3v) is 5.72. The van der Waals surface area contributed by atoms with Gasteiger partial charge in [-0.3, -0.25) is 4.98 Å². The van der Waals surface area contributed by atoms with Crippen LogP contribution in [0.2, 0.25) is 0 Å². The van der Waals surface area contributed by atoms with Crippen LogP contribution in [-0.2, 0) is 14.3 Å². The second kappa shape index (κ2) is 11.9. The molecule has 2 heterocycles. The first-order valence-electron chi connectivity index (χ1n) is 11.7. The van der Waals surface area contributed by atoms with E-state index in [4.69, 9.17) is 14.2 Å². The second-order valence-corrected chi connectivity index (χ2v) is 8.33. The Bertz CT molecular complexity index is 1340. The Hall–Kier alpha value is -4.56. The van der Waals surface area contributed by atoms with Crippen molar-refractivity contribution in [3.05, 3.63) is 115 Å². The smallest absolute Gasteiger partial charge is 0.338 e. The first-order chi connectivity index (χ1) is 18.0. The van der Waals surface area contributed by atoms with Crippen LogP contribution in [0.15, 0.2) is 115 Å². The summed E-state index contributed by atoms with van der Waals surface area (Å²) in [6.07, 6.45) is 12.4. The Labute approximate surface area is 216 Å². The molecule has 0 bridgehead atoms. The first-order valence-corrected chi connectivity index (χ1v) is 11.7. The number of anilines is 1. The number of pyridine rings is 1. The summed E-state index contributed by atoms with van der Waals surface area (Å²) in [4.78, 5) is 26.0. The molecule has 8 nitrogen and oxygen atoms in total. The highest BCUT2D eigenvalue weighted by molar-refractivity contribution is 5.86. The molecule has 4 rings (SSSR count). The van der Waals surface area contributed by atoms with E-state index in [1.165, 1.54) is 6.08 Å². The molecule has 37 heavy (non-hydrogen) atoms. The molecule has 3 aromatic rings. The van der Waals surface area contributed by atoms with Crippen molar-refractivity contribution in [2.24, 2.45) is 0 Å². The molecule has 1 atom stereocenters. The lowest BCUT2D eigenvalue weighted by molar-refractivity contribution is -0.129. The van der Waals surface area contributed by atoms with Gasteiger partial charge in [-0.2, -0.15) is 0 Å². The molecule has 8 heteroatoms. The number of hydrogen-bond acceptors (Lipinski definition) is 8. The van der Waals surface area contributed by atoms with Crippen molar-refractivity contribution >= 4 is 11.9 Å². The predicted octanol–water partition coefficient (Wildman–Crippen LogP) is 5.26. The van der Waals surface area contributed by atoms with E-state index in [1.54, 1.807) is 62.1 Å². The lowest BCUT2D eigenvalue weighted by Crippen LogP contribution is -2.33. The molecule has 0 saturated carbocycles. The summed E-state index contributed by atoms with van der Waals surface area (Å²) < 4.78 is 17.1. The molecule has 0 aliphatic heterocycles. The van der Waals surface area contributed by atoms with E-state index in [0.29, 0.717) is 47.4 Å². The molecule has 1 aromatic carbocycles. The highest BCUT2D eigenvalue weighted by atomic mass is 16.5. The number of esters is 1. The van der Waals surface area contributed by atoms with Crippen LogP contribution in [0.25, 0.3) is 11.3 Å². The predicted molar refractivity (Wildman–Crippen MR) is 141 cm³/mol. The fourth-order valence-corrected chi connectivity index (χ4v) is 3.63. The van der Waals surface area contributed by atoms with Crippen LogP contribution < -0.4 is 10.1 Å². The number of rotatable bonds is 10. The van der Waals surface area contributed by atoms with Crippen molar-refractivity contribution in [1.29, 1.82) is 0 Å². The Balaban J connectivity index is 1.68. The van der Waals surface area contributed by atoms with Crippen molar-refractivity contribution < 1.29 is 19.0 Å². The molecule has 1 aliphatic carbocycles. The van der Waals surface area contributed by atoms with Crippen molar-refractivity contribution in [2.45, 2.75) is 18.9 Å². The molecular weight excluding hydrogens is 468 g/mol. The number of carbonyl (C=O) groups is 1. The Morgan fingerprint density at radius 1 is 1.16 bits per heavy atom. The fraction of sp³-hybridized carbons (Fsp3) is 0.172. The molecule has 0 fully saturated rings. The molecule has 188 valence electrons. The maximum Gasteiger partial charge on any atom is 0.338 e. The lowest BCUT2D eigenvalue weighted by atomic mass is 9.90. The van der Waals surface area contributed by atoms with Crippen LogP contribution in [-0.4, -0.2) is 40.2 Å². The van der Waals surface area contributed by atoms with E-state index >= 15 is 0 Å². The average Bonchev–Trinajstić information content (AvgIpc) is 2.93. The molecule has 0 unspecified atom stereocenters. The van der Waals surface area contributed by atoms with Crippen LogP contribution in [0.3, 0.4) is 0 Å². The first kappa shape index (κ1) is 25.5. The minimum Gasteiger partial charge on any atom is -0.491 e. The summed E-state index contributed by atoms with van der Waals surface area (Å²) in [6.45, 7) is 5.98. The van der Waals surface area contributed by atoms with Crippen LogP contribution >= 0.6 is 0 Å². The number of methoxy groups -OCH3 is 1. The van der Waals surface area contributed by atoms with Gasteiger partial charge in [0.15, 0.2) is 0 Å². The maximum absolute atomic E-state index is 12.9. The Kier molecular flexibility index (Phi) is 8.22. The van der Waals surface area contributed by atoms with Gasteiger partial charge in [0.25, 0.3) is 0 Å². The van der Waals surface area contributed by atoms with E-state index in [9.17, 15) is 4.79 Å². The number of ether oxygens (including phenoxy) is 3. The summed E-state index contributed by atoms with van der Waals surface area (Å²) in [5.41, 5.74) is 2.02. The molecule has 0 spiro atoms. The number of allylic oxidation sites excluding steroid dienone is 1. The summed E-state index contributed by atoms with van der Waals surface area (Å²) in [6, 6.07) is 14.4. The van der Waals surface area contributed by atoms with Crippen LogP contribution in [0.4, 0.5) is 5.95 Å². The zero-order valence-corrected chi connectivity index (χ0v) is 20.8.